The molecular formula is C32H28ClFN4O5S. The van der Waals surface area contributed by atoms with E-state index in [9.17, 15) is 18.3 Å². The number of carbonyl (C=O) groups is 1. The maximum Gasteiger partial charge on any atom is 0.279 e. The number of hydrogen-bond acceptors (Lipinski definition) is 8. The number of carbonyl (C=O) groups excluding carboxylic acids is 1. The van der Waals surface area contributed by atoms with Crippen LogP contribution in [0.4, 0.5) is 15.8 Å². The second-order valence-electron chi connectivity index (χ2n) is 11.5. The lowest BCUT2D eigenvalue weighted by Gasteiger charge is -2.37. The highest BCUT2D eigenvalue weighted by Crippen LogP contribution is 2.52. The summed E-state index contributed by atoms with van der Waals surface area (Å²) in [4.78, 5) is 15.3. The van der Waals surface area contributed by atoms with Crippen LogP contribution in [0.2, 0.25) is 5.15 Å². The highest BCUT2D eigenvalue weighted by atomic mass is 35.5. The summed E-state index contributed by atoms with van der Waals surface area (Å²) in [5.74, 6) is -1.78. The van der Waals surface area contributed by atoms with Crippen LogP contribution in [-0.4, -0.2) is 35.4 Å². The Morgan fingerprint density at radius 1 is 1.09 bits per heavy atom. The van der Waals surface area contributed by atoms with Crippen molar-refractivity contribution in [1.82, 2.24) is 10.2 Å². The molecule has 0 aliphatic carbocycles. The number of aromatic hydroxyl groups is 1. The molecule has 6 rings (SSSR count). The van der Waals surface area contributed by atoms with Crippen LogP contribution in [0.15, 0.2) is 89.5 Å². The van der Waals surface area contributed by atoms with Gasteiger partial charge in [-0.2, -0.15) is 0 Å². The highest BCUT2D eigenvalue weighted by Gasteiger charge is 2.48. The normalized spacial score (nSPS) is 18.5. The van der Waals surface area contributed by atoms with Gasteiger partial charge in [0, 0.05) is 17.3 Å². The number of phenolic OH excluding ortho intramolecular Hbond substituents is 1. The fraction of sp³-hybridized carbons (Fsp3) is 0.219. The molecule has 3 aromatic carbocycles. The van der Waals surface area contributed by atoms with Crippen LogP contribution in [0.25, 0.3) is 0 Å². The van der Waals surface area contributed by atoms with Gasteiger partial charge in [-0.3, -0.25) is 9.69 Å². The summed E-state index contributed by atoms with van der Waals surface area (Å²) in [5.41, 5.74) is 0.450. The summed E-state index contributed by atoms with van der Waals surface area (Å²) in [6, 6.07) is 19.2. The van der Waals surface area contributed by atoms with E-state index >= 15 is 4.39 Å². The number of hydrogen-bond donors (Lipinski definition) is 2. The largest absolute Gasteiger partial charge is 0.506 e. The molecule has 12 heteroatoms. The first kappa shape index (κ1) is 29.6. The summed E-state index contributed by atoms with van der Waals surface area (Å²) < 4.78 is 50.3. The van der Waals surface area contributed by atoms with Crippen LogP contribution >= 0.6 is 11.6 Å². The zero-order valence-electron chi connectivity index (χ0n) is 23.8. The SMILES string of the molecule is CC1(C)CC2=C(C(c3ccc(OCc4ccccc4)cc3F)N(C(=O)c3ccc(Cl)nn3)c3cccc(O)c3N2)S(=O)(=O)C1. The Labute approximate surface area is 258 Å². The zero-order chi connectivity index (χ0) is 31.2. The molecule has 9 nitrogen and oxygen atoms in total. The summed E-state index contributed by atoms with van der Waals surface area (Å²) >= 11 is 5.92. The molecule has 0 saturated heterocycles. The van der Waals surface area contributed by atoms with Gasteiger partial charge in [0.15, 0.2) is 20.7 Å². The van der Waals surface area contributed by atoms with E-state index in [2.05, 4.69) is 15.5 Å². The fourth-order valence-corrected chi connectivity index (χ4v) is 8.18. The molecule has 2 N–H and O–H groups in total. The summed E-state index contributed by atoms with van der Waals surface area (Å²) in [7, 11) is -4.08. The van der Waals surface area contributed by atoms with E-state index in [-0.39, 0.29) is 68.7 Å². The highest BCUT2D eigenvalue weighted by molar-refractivity contribution is 7.95. The minimum absolute atomic E-state index is 0.0490. The van der Waals surface area contributed by atoms with Gasteiger partial charge < -0.3 is 15.2 Å². The molecule has 1 amide bonds. The zero-order valence-corrected chi connectivity index (χ0v) is 25.4. The maximum atomic E-state index is 16.3. The van der Waals surface area contributed by atoms with E-state index in [1.165, 1.54) is 42.5 Å². The molecule has 0 saturated carbocycles. The van der Waals surface area contributed by atoms with E-state index in [1.807, 2.05) is 44.2 Å². The molecule has 4 aromatic rings. The minimum atomic E-state index is -4.08. The van der Waals surface area contributed by atoms with Crippen molar-refractivity contribution in [1.29, 1.82) is 0 Å². The molecule has 1 aromatic heterocycles. The lowest BCUT2D eigenvalue weighted by Crippen LogP contribution is -2.41. The predicted octanol–water partition coefficient (Wildman–Crippen LogP) is 6.42. The van der Waals surface area contributed by atoms with Crippen LogP contribution in [0, 0.1) is 11.2 Å². The number of para-hydroxylation sites is 1. The smallest absolute Gasteiger partial charge is 0.279 e. The molecule has 0 radical (unpaired) electrons. The molecule has 44 heavy (non-hydrogen) atoms. The van der Waals surface area contributed by atoms with Gasteiger partial charge in [0.2, 0.25) is 0 Å². The third-order valence-corrected chi connectivity index (χ3v) is 10.0. The number of sulfone groups is 1. The number of nitrogens with zero attached hydrogens (tertiary/aromatic N) is 3. The maximum absolute atomic E-state index is 16.3. The number of nitrogens with one attached hydrogen (secondary N) is 1. The van der Waals surface area contributed by atoms with Crippen LogP contribution in [0.3, 0.4) is 0 Å². The second kappa shape index (κ2) is 11.2. The Balaban J connectivity index is 1.56. The number of amides is 1. The molecule has 226 valence electrons. The number of halogens is 2. The van der Waals surface area contributed by atoms with Gasteiger partial charge in [0.25, 0.3) is 5.91 Å². The van der Waals surface area contributed by atoms with Crippen molar-refractivity contribution < 1.29 is 27.4 Å². The lowest BCUT2D eigenvalue weighted by molar-refractivity contribution is 0.0974. The molecule has 3 heterocycles. The van der Waals surface area contributed by atoms with Crippen molar-refractivity contribution in [3.8, 4) is 11.5 Å². The van der Waals surface area contributed by atoms with E-state index < -0.39 is 33.0 Å². The van der Waals surface area contributed by atoms with Gasteiger partial charge in [0.05, 0.1) is 16.3 Å². The predicted molar refractivity (Wildman–Crippen MR) is 165 cm³/mol. The molecule has 1 atom stereocenters. The van der Waals surface area contributed by atoms with E-state index in [4.69, 9.17) is 16.3 Å². The average molecular weight is 635 g/mol. The molecule has 0 fully saturated rings. The van der Waals surface area contributed by atoms with Gasteiger partial charge >= 0.3 is 0 Å². The summed E-state index contributed by atoms with van der Waals surface area (Å²) in [5, 5.41) is 21.8. The van der Waals surface area contributed by atoms with Gasteiger partial charge in [-0.05, 0) is 53.8 Å². The standard InChI is InChI=1S/C32H28ClFN4O5S/c1-32(2)16-24-30(44(41,42)18-32)29(21-12-11-20(15-22(21)34)43-17-19-7-4-3-5-8-19)38(25-9-6-10-26(39)28(25)35-24)31(40)23-13-14-27(33)37-36-23/h3-15,29,35,39H,16-18H2,1-2H3. The minimum Gasteiger partial charge on any atom is -0.506 e. The Morgan fingerprint density at radius 2 is 1.86 bits per heavy atom. The molecule has 2 aliphatic rings. The topological polar surface area (TPSA) is 122 Å². The Morgan fingerprint density at radius 3 is 2.57 bits per heavy atom. The Kier molecular flexibility index (Phi) is 7.54. The summed E-state index contributed by atoms with van der Waals surface area (Å²) in [6.07, 6.45) is 0.258. The van der Waals surface area contributed by atoms with Crippen molar-refractivity contribution in [2.75, 3.05) is 16.0 Å². The first-order valence-electron chi connectivity index (χ1n) is 13.8. The molecule has 2 aliphatic heterocycles. The van der Waals surface area contributed by atoms with Crippen LogP contribution in [-0.2, 0) is 16.4 Å². The van der Waals surface area contributed by atoms with Crippen LogP contribution in [0.1, 0.15) is 47.9 Å². The third-order valence-electron chi connectivity index (χ3n) is 7.52. The number of anilines is 2. The van der Waals surface area contributed by atoms with Crippen molar-refractivity contribution in [3.05, 3.63) is 117 Å². The quantitative estimate of drug-likeness (QED) is 0.241. The second-order valence-corrected chi connectivity index (χ2v) is 13.9. The lowest BCUT2D eigenvalue weighted by atomic mass is 9.88. The first-order valence-corrected chi connectivity index (χ1v) is 15.8. The number of phenols is 1. The number of ether oxygens (including phenoxy) is 1. The number of rotatable bonds is 5. The van der Waals surface area contributed by atoms with Crippen molar-refractivity contribution in [2.45, 2.75) is 32.9 Å². The van der Waals surface area contributed by atoms with Crippen LogP contribution < -0.4 is 15.0 Å². The number of allylic oxidation sites excluding steroid dienone is 1. The number of fused-ring (bicyclic) bond motifs is 1. The molecule has 0 spiro atoms. The molecule has 1 unspecified atom stereocenters. The summed E-state index contributed by atoms with van der Waals surface area (Å²) in [6.45, 7) is 3.82. The number of benzene rings is 3. The number of aromatic nitrogens is 2. The third kappa shape index (κ3) is 5.60. The van der Waals surface area contributed by atoms with Gasteiger partial charge in [0.1, 0.15) is 35.7 Å². The van der Waals surface area contributed by atoms with Crippen LogP contribution in [0.5, 0.6) is 11.5 Å². The van der Waals surface area contributed by atoms with Crippen molar-refractivity contribution in [3.63, 3.8) is 0 Å². The monoisotopic (exact) mass is 634 g/mol. The molecule has 0 bridgehead atoms. The van der Waals surface area contributed by atoms with Crippen molar-refractivity contribution >= 4 is 38.7 Å². The molecular weight excluding hydrogens is 607 g/mol. The van der Waals surface area contributed by atoms with Gasteiger partial charge in [-0.15, -0.1) is 10.2 Å². The van der Waals surface area contributed by atoms with Gasteiger partial charge in [-0.25, -0.2) is 12.8 Å². The fourth-order valence-electron chi connectivity index (χ4n) is 5.72. The van der Waals surface area contributed by atoms with E-state index in [0.29, 0.717) is 0 Å². The Bertz CT molecular complexity index is 1900. The van der Waals surface area contributed by atoms with Crippen molar-refractivity contribution in [2.24, 2.45) is 5.41 Å². The van der Waals surface area contributed by atoms with E-state index in [0.717, 1.165) is 10.5 Å². The van der Waals surface area contributed by atoms with E-state index in [1.54, 1.807) is 6.07 Å². The van der Waals surface area contributed by atoms with Gasteiger partial charge in [-0.1, -0.05) is 61.8 Å². The average Bonchev–Trinajstić information content (AvgIpc) is 3.11. The first-order chi connectivity index (χ1) is 20.9. The Hall–Kier alpha value is -4.48.